The third-order valence-electron chi connectivity index (χ3n) is 1.16. The van der Waals surface area contributed by atoms with Crippen molar-refractivity contribution in [1.82, 2.24) is 4.98 Å². The number of hydrogen-bond acceptors (Lipinski definition) is 3. The summed E-state index contributed by atoms with van der Waals surface area (Å²) in [5, 5.41) is 0. The minimum Gasteiger partial charge on any atom is -0.383 e. The molecule has 0 bridgehead atoms. The molecule has 0 saturated heterocycles. The van der Waals surface area contributed by atoms with Gasteiger partial charge in [0.1, 0.15) is 5.82 Å². The van der Waals surface area contributed by atoms with Crippen LogP contribution in [-0.4, -0.2) is 10.9 Å². The highest BCUT2D eigenvalue weighted by atomic mass is 16.1. The number of amides is 1. The Kier molecular flexibility index (Phi) is 2.29. The Bertz CT molecular complexity index is 362. The van der Waals surface area contributed by atoms with E-state index in [1.165, 1.54) is 0 Å². The van der Waals surface area contributed by atoms with Crippen molar-refractivity contribution in [2.45, 2.75) is 0 Å². The number of carbonyl (C=O) groups excluding carboxylic acids is 1. The summed E-state index contributed by atoms with van der Waals surface area (Å²) in [4.78, 5) is 14.1. The first-order valence-corrected chi connectivity index (χ1v) is 3.22. The van der Waals surface area contributed by atoms with Gasteiger partial charge >= 0.3 is 0 Å². The highest BCUT2D eigenvalue weighted by Crippen LogP contribution is 2.03. The molecule has 1 aromatic heterocycles. The van der Waals surface area contributed by atoms with Gasteiger partial charge in [0.25, 0.3) is 5.91 Å². The maximum absolute atomic E-state index is 10.3. The van der Waals surface area contributed by atoms with Crippen molar-refractivity contribution >= 4 is 11.7 Å². The number of hydrogen-bond donors (Lipinski definition) is 2. The summed E-state index contributed by atoms with van der Waals surface area (Å²) >= 11 is 0. The second-order valence-electron chi connectivity index (χ2n) is 2.05. The van der Waals surface area contributed by atoms with Crippen LogP contribution in [0.2, 0.25) is 0 Å². The van der Waals surface area contributed by atoms with Gasteiger partial charge in [-0.25, -0.2) is 4.98 Å². The number of nitrogens with two attached hydrogens (primary N) is 2. The number of aromatic nitrogens is 1. The summed E-state index contributed by atoms with van der Waals surface area (Å²) in [6, 6.07) is 3.35. The zero-order chi connectivity index (χ0) is 8.97. The first kappa shape index (κ1) is 8.08. The van der Waals surface area contributed by atoms with Crippen LogP contribution in [0.4, 0.5) is 5.82 Å². The topological polar surface area (TPSA) is 82.0 Å². The van der Waals surface area contributed by atoms with E-state index < -0.39 is 5.91 Å². The number of rotatable bonds is 0. The number of pyridine rings is 1. The molecule has 0 saturated carbocycles. The van der Waals surface area contributed by atoms with Crippen LogP contribution in [0.1, 0.15) is 5.56 Å². The van der Waals surface area contributed by atoms with Gasteiger partial charge in [-0.1, -0.05) is 5.92 Å². The quantitative estimate of drug-likeness (QED) is 0.503. The number of carbonyl (C=O) groups is 1. The van der Waals surface area contributed by atoms with Crippen LogP contribution in [0.3, 0.4) is 0 Å². The molecule has 1 heterocycles. The molecule has 4 heteroatoms. The molecule has 0 atom stereocenters. The van der Waals surface area contributed by atoms with E-state index in [1.54, 1.807) is 18.3 Å². The third kappa shape index (κ3) is 1.99. The summed E-state index contributed by atoms with van der Waals surface area (Å²) in [6.45, 7) is 0. The van der Waals surface area contributed by atoms with E-state index in [2.05, 4.69) is 16.8 Å². The molecule has 0 aliphatic rings. The molecule has 1 rings (SSSR count). The van der Waals surface area contributed by atoms with Gasteiger partial charge in [0.15, 0.2) is 0 Å². The fourth-order valence-corrected chi connectivity index (χ4v) is 0.652. The number of primary amides is 1. The SMILES string of the molecule is NC(=O)C#Cc1cccnc1N. The molecule has 0 aliphatic heterocycles. The molecule has 60 valence electrons. The second-order valence-corrected chi connectivity index (χ2v) is 2.05. The molecule has 0 aliphatic carbocycles. The Morgan fingerprint density at radius 1 is 1.58 bits per heavy atom. The van der Waals surface area contributed by atoms with E-state index in [9.17, 15) is 4.79 Å². The van der Waals surface area contributed by atoms with Gasteiger partial charge in [0, 0.05) is 12.1 Å². The summed E-state index contributed by atoms with van der Waals surface area (Å²) in [7, 11) is 0. The summed E-state index contributed by atoms with van der Waals surface area (Å²) in [5.74, 6) is 4.29. The lowest BCUT2D eigenvalue weighted by molar-refractivity contribution is -0.112. The lowest BCUT2D eigenvalue weighted by Crippen LogP contribution is -2.06. The van der Waals surface area contributed by atoms with E-state index in [0.717, 1.165) is 0 Å². The predicted octanol–water partition coefficient (Wildman–Crippen LogP) is -0.499. The first-order chi connectivity index (χ1) is 5.70. The molecule has 0 fully saturated rings. The highest BCUT2D eigenvalue weighted by Gasteiger charge is 1.92. The molecular weight excluding hydrogens is 154 g/mol. The van der Waals surface area contributed by atoms with E-state index >= 15 is 0 Å². The van der Waals surface area contributed by atoms with Gasteiger partial charge in [0.05, 0.1) is 5.56 Å². The van der Waals surface area contributed by atoms with Crippen molar-refractivity contribution < 1.29 is 4.79 Å². The van der Waals surface area contributed by atoms with Crippen molar-refractivity contribution in [2.75, 3.05) is 5.73 Å². The molecule has 0 radical (unpaired) electrons. The number of anilines is 1. The Morgan fingerprint density at radius 3 is 2.92 bits per heavy atom. The van der Waals surface area contributed by atoms with Crippen LogP contribution in [0.25, 0.3) is 0 Å². The smallest absolute Gasteiger partial charge is 0.293 e. The van der Waals surface area contributed by atoms with Crippen molar-refractivity contribution in [3.05, 3.63) is 23.9 Å². The van der Waals surface area contributed by atoms with E-state index in [1.807, 2.05) is 0 Å². The molecule has 1 amide bonds. The van der Waals surface area contributed by atoms with Gasteiger partial charge in [-0.2, -0.15) is 0 Å². The lowest BCUT2D eigenvalue weighted by Gasteiger charge is -1.92. The van der Waals surface area contributed by atoms with Crippen molar-refractivity contribution in [3.8, 4) is 11.8 Å². The van der Waals surface area contributed by atoms with Crippen LogP contribution in [0.5, 0.6) is 0 Å². The molecule has 0 aromatic carbocycles. The fraction of sp³-hybridized carbons (Fsp3) is 0. The van der Waals surface area contributed by atoms with E-state index in [-0.39, 0.29) is 0 Å². The van der Waals surface area contributed by atoms with Crippen LogP contribution in [0.15, 0.2) is 18.3 Å². The maximum atomic E-state index is 10.3. The molecule has 0 spiro atoms. The zero-order valence-corrected chi connectivity index (χ0v) is 6.24. The number of nitrogen functional groups attached to an aromatic ring is 1. The standard InChI is InChI=1S/C8H7N3O/c9-7(12)4-3-6-2-1-5-11-8(6)10/h1-2,5H,(H2,9,12)(H2,10,11). The summed E-state index contributed by atoms with van der Waals surface area (Å²) < 4.78 is 0. The average molecular weight is 161 g/mol. The van der Waals surface area contributed by atoms with Gasteiger partial charge in [-0.3, -0.25) is 4.79 Å². The Morgan fingerprint density at radius 2 is 2.33 bits per heavy atom. The van der Waals surface area contributed by atoms with Gasteiger partial charge < -0.3 is 11.5 Å². The van der Waals surface area contributed by atoms with Gasteiger partial charge in [0.2, 0.25) is 0 Å². The van der Waals surface area contributed by atoms with Crippen LogP contribution >= 0.6 is 0 Å². The Hall–Kier alpha value is -2.02. The minimum atomic E-state index is -0.682. The van der Waals surface area contributed by atoms with E-state index in [4.69, 9.17) is 11.5 Å². The molecule has 0 unspecified atom stereocenters. The lowest BCUT2D eigenvalue weighted by atomic mass is 10.2. The van der Waals surface area contributed by atoms with Gasteiger partial charge in [-0.05, 0) is 12.1 Å². The van der Waals surface area contributed by atoms with Gasteiger partial charge in [-0.15, -0.1) is 0 Å². The Labute approximate surface area is 69.6 Å². The number of nitrogens with zero attached hydrogens (tertiary/aromatic N) is 1. The maximum Gasteiger partial charge on any atom is 0.293 e. The molecule has 4 N–H and O–H groups in total. The van der Waals surface area contributed by atoms with E-state index in [0.29, 0.717) is 11.4 Å². The van der Waals surface area contributed by atoms with Crippen molar-refractivity contribution in [1.29, 1.82) is 0 Å². The summed E-state index contributed by atoms with van der Waals surface area (Å²) in [5.41, 5.74) is 10.8. The normalized spacial score (nSPS) is 8.33. The van der Waals surface area contributed by atoms with Crippen molar-refractivity contribution in [3.63, 3.8) is 0 Å². The van der Waals surface area contributed by atoms with Crippen LogP contribution in [-0.2, 0) is 4.79 Å². The molecule has 12 heavy (non-hydrogen) atoms. The fourth-order valence-electron chi connectivity index (χ4n) is 0.652. The first-order valence-electron chi connectivity index (χ1n) is 3.22. The van der Waals surface area contributed by atoms with Crippen LogP contribution in [0, 0.1) is 11.8 Å². The molecular formula is C8H7N3O. The highest BCUT2D eigenvalue weighted by molar-refractivity contribution is 5.92. The Balaban J connectivity index is 2.99. The predicted molar refractivity (Wildman–Crippen MR) is 44.7 cm³/mol. The zero-order valence-electron chi connectivity index (χ0n) is 6.24. The monoisotopic (exact) mass is 161 g/mol. The molecule has 1 aromatic rings. The second kappa shape index (κ2) is 3.39. The summed E-state index contributed by atoms with van der Waals surface area (Å²) in [6.07, 6.45) is 1.55. The third-order valence-corrected chi connectivity index (χ3v) is 1.16. The largest absolute Gasteiger partial charge is 0.383 e. The average Bonchev–Trinajstić information content (AvgIpc) is 2.03. The minimum absolute atomic E-state index is 0.297. The molecule has 4 nitrogen and oxygen atoms in total. The van der Waals surface area contributed by atoms with Crippen LogP contribution < -0.4 is 11.5 Å². The van der Waals surface area contributed by atoms with Crippen molar-refractivity contribution in [2.24, 2.45) is 5.73 Å².